The van der Waals surface area contributed by atoms with Crippen molar-refractivity contribution in [2.45, 2.75) is 12.0 Å². The van der Waals surface area contributed by atoms with Gasteiger partial charge in [-0.15, -0.1) is 0 Å². The maximum atomic E-state index is 10.5. The lowest BCUT2D eigenvalue weighted by Gasteiger charge is -2.36. The minimum Gasteiger partial charge on any atom is -0.481 e. The van der Waals surface area contributed by atoms with Crippen LogP contribution >= 0.6 is 0 Å². The van der Waals surface area contributed by atoms with Crippen molar-refractivity contribution in [2.24, 2.45) is 5.92 Å². The molecule has 0 amide bonds. The average Bonchev–Trinajstić information content (AvgIpc) is 2.28. The Kier molecular flexibility index (Phi) is 1.40. The van der Waals surface area contributed by atoms with Crippen molar-refractivity contribution in [1.82, 2.24) is 0 Å². The third kappa shape index (κ3) is 1.02. The van der Waals surface area contributed by atoms with E-state index < -0.39 is 5.97 Å². The van der Waals surface area contributed by atoms with Crippen molar-refractivity contribution in [1.29, 1.82) is 0 Å². The summed E-state index contributed by atoms with van der Waals surface area (Å²) >= 11 is 0. The number of hydrogen-bond acceptors (Lipinski definition) is 3. The number of aliphatic carboxylic acids is 1. The number of rotatable bonds is 1. The lowest BCUT2D eigenvalue weighted by Crippen LogP contribution is -2.49. The van der Waals surface area contributed by atoms with Gasteiger partial charge in [0.2, 0.25) is 0 Å². The summed E-state index contributed by atoms with van der Waals surface area (Å²) in [6, 6.07) is 0. The maximum Gasteiger partial charge on any atom is 0.308 e. The first-order valence-electron chi connectivity index (χ1n) is 3.66. The van der Waals surface area contributed by atoms with Crippen LogP contribution in [0, 0.1) is 5.92 Å². The van der Waals surface area contributed by atoms with Gasteiger partial charge in [0.15, 0.2) is 0 Å². The van der Waals surface area contributed by atoms with Gasteiger partial charge in [0, 0.05) is 0 Å². The highest BCUT2D eigenvalue weighted by Gasteiger charge is 2.48. The van der Waals surface area contributed by atoms with Gasteiger partial charge in [0.1, 0.15) is 5.60 Å². The Balaban J connectivity index is 1.98. The van der Waals surface area contributed by atoms with Gasteiger partial charge in [-0.2, -0.15) is 0 Å². The van der Waals surface area contributed by atoms with E-state index >= 15 is 0 Å². The van der Waals surface area contributed by atoms with Crippen LogP contribution in [-0.2, 0) is 14.3 Å². The standard InChI is InChI=1S/C7H10O4/c8-6(9)5-1-7(11-2-5)3-10-4-7/h5H,1-4H2,(H,8,9). The van der Waals surface area contributed by atoms with Crippen LogP contribution in [0.5, 0.6) is 0 Å². The molecule has 2 rings (SSSR count). The van der Waals surface area contributed by atoms with Crippen LogP contribution in [0.15, 0.2) is 0 Å². The number of carbonyl (C=O) groups is 1. The zero-order chi connectivity index (χ0) is 7.90. The third-order valence-electron chi connectivity index (χ3n) is 2.29. The fourth-order valence-electron chi connectivity index (χ4n) is 1.53. The Morgan fingerprint density at radius 2 is 2.27 bits per heavy atom. The molecule has 0 bridgehead atoms. The summed E-state index contributed by atoms with van der Waals surface area (Å²) in [5.41, 5.74) is -0.233. The first-order valence-corrected chi connectivity index (χ1v) is 3.66. The third-order valence-corrected chi connectivity index (χ3v) is 2.29. The first-order chi connectivity index (χ1) is 5.22. The molecule has 0 aromatic rings. The highest BCUT2D eigenvalue weighted by molar-refractivity contribution is 5.70. The second-order valence-corrected chi connectivity index (χ2v) is 3.23. The van der Waals surface area contributed by atoms with Crippen LogP contribution in [0.1, 0.15) is 6.42 Å². The number of hydrogen-bond donors (Lipinski definition) is 1. The molecule has 0 aromatic heterocycles. The smallest absolute Gasteiger partial charge is 0.308 e. The lowest BCUT2D eigenvalue weighted by atomic mass is 9.93. The van der Waals surface area contributed by atoms with E-state index in [0.29, 0.717) is 26.2 Å². The summed E-state index contributed by atoms with van der Waals surface area (Å²) in [5.74, 6) is -1.08. The Morgan fingerprint density at radius 1 is 1.55 bits per heavy atom. The fraction of sp³-hybridized carbons (Fsp3) is 0.857. The van der Waals surface area contributed by atoms with Crippen LogP contribution in [0.4, 0.5) is 0 Å². The molecule has 1 spiro atoms. The van der Waals surface area contributed by atoms with E-state index in [1.165, 1.54) is 0 Å². The van der Waals surface area contributed by atoms with Crippen LogP contribution in [0.25, 0.3) is 0 Å². The molecule has 2 heterocycles. The maximum absolute atomic E-state index is 10.5. The van der Waals surface area contributed by atoms with Crippen LogP contribution in [0.3, 0.4) is 0 Å². The molecule has 2 saturated heterocycles. The minimum absolute atomic E-state index is 0.233. The monoisotopic (exact) mass is 158 g/mol. The second-order valence-electron chi connectivity index (χ2n) is 3.23. The van der Waals surface area contributed by atoms with E-state index in [0.717, 1.165) is 0 Å². The molecule has 62 valence electrons. The van der Waals surface area contributed by atoms with Gasteiger partial charge in [0.05, 0.1) is 25.7 Å². The molecule has 0 aliphatic carbocycles. The molecule has 2 aliphatic rings. The van der Waals surface area contributed by atoms with E-state index in [-0.39, 0.29) is 11.5 Å². The highest BCUT2D eigenvalue weighted by Crippen LogP contribution is 2.35. The summed E-state index contributed by atoms with van der Waals surface area (Å²) in [7, 11) is 0. The van der Waals surface area contributed by atoms with Crippen LogP contribution in [0.2, 0.25) is 0 Å². The first kappa shape index (κ1) is 7.06. The molecule has 2 aliphatic heterocycles. The van der Waals surface area contributed by atoms with Gasteiger partial charge >= 0.3 is 5.97 Å². The average molecular weight is 158 g/mol. The van der Waals surface area contributed by atoms with E-state index in [4.69, 9.17) is 14.6 Å². The van der Waals surface area contributed by atoms with Gasteiger partial charge in [-0.05, 0) is 6.42 Å². The van der Waals surface area contributed by atoms with Crippen molar-refractivity contribution in [3.63, 3.8) is 0 Å². The Morgan fingerprint density at radius 3 is 2.55 bits per heavy atom. The molecule has 0 radical (unpaired) electrons. The second kappa shape index (κ2) is 2.19. The minimum atomic E-state index is -0.756. The predicted molar refractivity (Wildman–Crippen MR) is 35.2 cm³/mol. The molecular formula is C7H10O4. The molecule has 4 nitrogen and oxygen atoms in total. The molecular weight excluding hydrogens is 148 g/mol. The molecule has 4 heteroatoms. The predicted octanol–water partition coefficient (Wildman–Crippen LogP) is -0.124. The van der Waals surface area contributed by atoms with Crippen molar-refractivity contribution in [3.8, 4) is 0 Å². The van der Waals surface area contributed by atoms with Gasteiger partial charge in [-0.3, -0.25) is 4.79 Å². The quantitative estimate of drug-likeness (QED) is 0.577. The number of ether oxygens (including phenoxy) is 2. The molecule has 1 unspecified atom stereocenters. The summed E-state index contributed by atoms with van der Waals surface area (Å²) < 4.78 is 10.3. The van der Waals surface area contributed by atoms with E-state index in [1.54, 1.807) is 0 Å². The SMILES string of the molecule is O=C(O)C1COC2(COC2)C1. The Bertz CT molecular complexity index is 185. The van der Waals surface area contributed by atoms with E-state index in [1.807, 2.05) is 0 Å². The molecule has 0 saturated carbocycles. The molecule has 1 N–H and O–H groups in total. The Labute approximate surface area is 64.1 Å². The Hall–Kier alpha value is -0.610. The van der Waals surface area contributed by atoms with E-state index in [9.17, 15) is 4.79 Å². The summed E-state index contributed by atoms with van der Waals surface area (Å²) in [5, 5.41) is 8.64. The summed E-state index contributed by atoms with van der Waals surface area (Å²) in [6.07, 6.45) is 0.613. The van der Waals surface area contributed by atoms with Crippen molar-refractivity contribution in [2.75, 3.05) is 19.8 Å². The largest absolute Gasteiger partial charge is 0.481 e. The fourth-order valence-corrected chi connectivity index (χ4v) is 1.53. The molecule has 2 fully saturated rings. The van der Waals surface area contributed by atoms with Gasteiger partial charge in [-0.1, -0.05) is 0 Å². The number of carboxylic acids is 1. The zero-order valence-corrected chi connectivity index (χ0v) is 6.08. The van der Waals surface area contributed by atoms with Crippen LogP contribution < -0.4 is 0 Å². The molecule has 1 atom stereocenters. The van der Waals surface area contributed by atoms with E-state index in [2.05, 4.69) is 0 Å². The topological polar surface area (TPSA) is 55.8 Å². The number of carboxylic acid groups (broad SMARTS) is 1. The highest BCUT2D eigenvalue weighted by atomic mass is 16.6. The van der Waals surface area contributed by atoms with Crippen molar-refractivity contribution >= 4 is 5.97 Å². The summed E-state index contributed by atoms with van der Waals surface area (Å²) in [6.45, 7) is 1.48. The molecule has 0 aromatic carbocycles. The summed E-state index contributed by atoms with van der Waals surface area (Å²) in [4.78, 5) is 10.5. The van der Waals surface area contributed by atoms with Crippen molar-refractivity contribution in [3.05, 3.63) is 0 Å². The van der Waals surface area contributed by atoms with Crippen molar-refractivity contribution < 1.29 is 19.4 Å². The zero-order valence-electron chi connectivity index (χ0n) is 6.08. The van der Waals surface area contributed by atoms with Gasteiger partial charge < -0.3 is 14.6 Å². The van der Waals surface area contributed by atoms with Crippen LogP contribution in [-0.4, -0.2) is 36.5 Å². The van der Waals surface area contributed by atoms with Gasteiger partial charge in [-0.25, -0.2) is 0 Å². The lowest BCUT2D eigenvalue weighted by molar-refractivity contribution is -0.184. The van der Waals surface area contributed by atoms with Gasteiger partial charge in [0.25, 0.3) is 0 Å². The normalized spacial score (nSPS) is 33.6. The molecule has 11 heavy (non-hydrogen) atoms.